The predicted octanol–water partition coefficient (Wildman–Crippen LogP) is 1.61. The Labute approximate surface area is 126 Å². The van der Waals surface area contributed by atoms with Crippen LogP contribution in [0.25, 0.3) is 0 Å². The van der Waals surface area contributed by atoms with Crippen molar-refractivity contribution in [3.05, 3.63) is 40.9 Å². The van der Waals surface area contributed by atoms with E-state index in [1.807, 2.05) is 0 Å². The van der Waals surface area contributed by atoms with Gasteiger partial charge in [-0.05, 0) is 31.2 Å². The van der Waals surface area contributed by atoms with Gasteiger partial charge in [0, 0.05) is 5.02 Å². The molecule has 0 saturated heterocycles. The van der Waals surface area contributed by atoms with Gasteiger partial charge in [-0.25, -0.2) is 9.67 Å². The average molecular weight is 311 g/mol. The third-order valence-corrected chi connectivity index (χ3v) is 2.87. The molecule has 2 aromatic rings. The van der Waals surface area contributed by atoms with Crippen LogP contribution >= 0.6 is 11.6 Å². The predicted molar refractivity (Wildman–Crippen MR) is 76.0 cm³/mol. The summed E-state index contributed by atoms with van der Waals surface area (Å²) in [6, 6.07) is 6.45. The van der Waals surface area contributed by atoms with Crippen LogP contribution in [-0.2, 0) is 17.9 Å². The first kappa shape index (κ1) is 15.3. The van der Waals surface area contributed by atoms with Gasteiger partial charge in [0.1, 0.15) is 24.7 Å². The molecule has 1 aromatic carbocycles. The van der Waals surface area contributed by atoms with E-state index < -0.39 is 12.0 Å². The number of halogens is 1. The second-order valence-corrected chi connectivity index (χ2v) is 4.91. The fourth-order valence-corrected chi connectivity index (χ4v) is 1.85. The first-order chi connectivity index (χ1) is 9.95. The highest BCUT2D eigenvalue weighted by Crippen LogP contribution is 2.16. The molecule has 1 heterocycles. The fourth-order valence-electron chi connectivity index (χ4n) is 1.72. The summed E-state index contributed by atoms with van der Waals surface area (Å²) in [5.74, 6) is 0.397. The van der Waals surface area contributed by atoms with Crippen LogP contribution in [0.5, 0.6) is 5.75 Å². The van der Waals surface area contributed by atoms with E-state index in [1.54, 1.807) is 31.2 Å². The molecule has 0 spiro atoms. The van der Waals surface area contributed by atoms with Gasteiger partial charge < -0.3 is 15.6 Å². The molecule has 1 aromatic heterocycles. The van der Waals surface area contributed by atoms with Crippen LogP contribution in [0.4, 0.5) is 0 Å². The molecular formula is C13H15ClN4O3. The van der Waals surface area contributed by atoms with Crippen molar-refractivity contribution in [1.82, 2.24) is 14.8 Å². The molecule has 21 heavy (non-hydrogen) atoms. The molecule has 0 aliphatic carbocycles. The van der Waals surface area contributed by atoms with Crippen molar-refractivity contribution in [2.45, 2.75) is 26.1 Å². The summed E-state index contributed by atoms with van der Waals surface area (Å²) in [4.78, 5) is 15.0. The van der Waals surface area contributed by atoms with E-state index in [0.29, 0.717) is 22.4 Å². The number of hydrogen-bond donors (Lipinski definition) is 2. The van der Waals surface area contributed by atoms with Gasteiger partial charge in [0.05, 0.1) is 6.04 Å². The molecule has 0 aliphatic rings. The van der Waals surface area contributed by atoms with Crippen LogP contribution in [0, 0.1) is 0 Å². The molecule has 0 radical (unpaired) electrons. The molecule has 0 unspecified atom stereocenters. The third-order valence-electron chi connectivity index (χ3n) is 2.62. The van der Waals surface area contributed by atoms with E-state index in [2.05, 4.69) is 10.1 Å². The van der Waals surface area contributed by atoms with E-state index in [-0.39, 0.29) is 13.2 Å². The van der Waals surface area contributed by atoms with E-state index in [0.717, 1.165) is 0 Å². The Morgan fingerprint density at radius 2 is 2.14 bits per heavy atom. The summed E-state index contributed by atoms with van der Waals surface area (Å²) in [5.41, 5.74) is 5.76. The lowest BCUT2D eigenvalue weighted by Gasteiger charge is -2.04. The van der Waals surface area contributed by atoms with E-state index >= 15 is 0 Å². The minimum absolute atomic E-state index is 0.119. The van der Waals surface area contributed by atoms with E-state index in [4.69, 9.17) is 27.2 Å². The number of nitrogens with two attached hydrogens (primary N) is 1. The summed E-state index contributed by atoms with van der Waals surface area (Å²) in [7, 11) is 0. The number of carbonyl (C=O) groups is 1. The Morgan fingerprint density at radius 3 is 2.71 bits per heavy atom. The molecular weight excluding hydrogens is 296 g/mol. The maximum Gasteiger partial charge on any atom is 0.325 e. The van der Waals surface area contributed by atoms with Gasteiger partial charge in [-0.3, -0.25) is 4.79 Å². The van der Waals surface area contributed by atoms with Gasteiger partial charge in [-0.1, -0.05) is 11.6 Å². The van der Waals surface area contributed by atoms with Crippen molar-refractivity contribution >= 4 is 17.6 Å². The lowest BCUT2D eigenvalue weighted by molar-refractivity contribution is -0.137. The van der Waals surface area contributed by atoms with Crippen molar-refractivity contribution in [3.8, 4) is 5.75 Å². The largest absolute Gasteiger partial charge is 0.486 e. The third kappa shape index (κ3) is 4.17. The molecule has 0 amide bonds. The summed E-state index contributed by atoms with van der Waals surface area (Å²) < 4.78 is 6.79. The molecule has 8 heteroatoms. The van der Waals surface area contributed by atoms with Gasteiger partial charge in [0.2, 0.25) is 0 Å². The molecule has 7 nitrogen and oxygen atoms in total. The highest BCUT2D eigenvalue weighted by atomic mass is 35.5. The maximum atomic E-state index is 10.8. The molecule has 2 rings (SSSR count). The lowest BCUT2D eigenvalue weighted by Crippen LogP contribution is -2.18. The standard InChI is InChI=1S/C13H15ClN4O3/c1-8(15)13-16-11(17-18(13)6-12(19)20)7-21-10-4-2-9(14)3-5-10/h2-5,8H,6-7,15H2,1H3,(H,19,20)/t8-/m1/s1. The van der Waals surface area contributed by atoms with Crippen LogP contribution < -0.4 is 10.5 Å². The highest BCUT2D eigenvalue weighted by molar-refractivity contribution is 6.30. The van der Waals surface area contributed by atoms with Crippen molar-refractivity contribution in [2.75, 3.05) is 0 Å². The van der Waals surface area contributed by atoms with Crippen molar-refractivity contribution in [2.24, 2.45) is 5.73 Å². The van der Waals surface area contributed by atoms with Crippen molar-refractivity contribution in [1.29, 1.82) is 0 Å². The second kappa shape index (κ2) is 6.55. The summed E-state index contributed by atoms with van der Waals surface area (Å²) in [5, 5.41) is 13.6. The normalized spacial score (nSPS) is 12.1. The Hall–Kier alpha value is -2.12. The number of rotatable bonds is 6. The second-order valence-electron chi connectivity index (χ2n) is 4.47. The Morgan fingerprint density at radius 1 is 1.48 bits per heavy atom. The minimum atomic E-state index is -1.01. The Kier molecular flexibility index (Phi) is 4.77. The summed E-state index contributed by atoms with van der Waals surface area (Å²) in [6.45, 7) is 1.55. The minimum Gasteiger partial charge on any atom is -0.486 e. The molecule has 0 bridgehead atoms. The zero-order valence-corrected chi connectivity index (χ0v) is 12.1. The molecule has 0 saturated carbocycles. The first-order valence-electron chi connectivity index (χ1n) is 6.25. The Bertz CT molecular complexity index is 625. The number of aromatic nitrogens is 3. The summed E-state index contributed by atoms with van der Waals surface area (Å²) >= 11 is 5.78. The first-order valence-corrected chi connectivity index (χ1v) is 6.63. The quantitative estimate of drug-likeness (QED) is 0.840. The zero-order valence-electron chi connectivity index (χ0n) is 11.4. The number of nitrogens with zero attached hydrogens (tertiary/aromatic N) is 3. The van der Waals surface area contributed by atoms with Crippen LogP contribution in [0.15, 0.2) is 24.3 Å². The fraction of sp³-hybridized carbons (Fsp3) is 0.308. The SMILES string of the molecule is C[C@@H](N)c1nc(COc2ccc(Cl)cc2)nn1CC(=O)O. The number of aliphatic carboxylic acids is 1. The number of carboxylic acid groups (broad SMARTS) is 1. The number of carboxylic acids is 1. The Balaban J connectivity index is 2.09. The van der Waals surface area contributed by atoms with Crippen LogP contribution in [0.1, 0.15) is 24.6 Å². The number of benzene rings is 1. The lowest BCUT2D eigenvalue weighted by atomic mass is 10.3. The summed E-state index contributed by atoms with van der Waals surface area (Å²) in [6.07, 6.45) is 0. The van der Waals surface area contributed by atoms with Crippen molar-refractivity contribution in [3.63, 3.8) is 0 Å². The molecule has 3 N–H and O–H groups in total. The smallest absolute Gasteiger partial charge is 0.325 e. The van der Waals surface area contributed by atoms with Gasteiger partial charge in [0.15, 0.2) is 5.82 Å². The van der Waals surface area contributed by atoms with Gasteiger partial charge in [0.25, 0.3) is 0 Å². The topological polar surface area (TPSA) is 103 Å². The van der Waals surface area contributed by atoms with Crippen molar-refractivity contribution < 1.29 is 14.6 Å². The van der Waals surface area contributed by atoms with Gasteiger partial charge >= 0.3 is 5.97 Å². The van der Waals surface area contributed by atoms with Gasteiger partial charge in [-0.15, -0.1) is 0 Å². The molecule has 112 valence electrons. The maximum absolute atomic E-state index is 10.8. The number of hydrogen-bond acceptors (Lipinski definition) is 5. The average Bonchev–Trinajstić information content (AvgIpc) is 2.80. The monoisotopic (exact) mass is 310 g/mol. The van der Waals surface area contributed by atoms with Crippen LogP contribution in [-0.4, -0.2) is 25.8 Å². The van der Waals surface area contributed by atoms with E-state index in [9.17, 15) is 4.79 Å². The molecule has 0 aliphatic heterocycles. The zero-order chi connectivity index (χ0) is 15.4. The van der Waals surface area contributed by atoms with Crippen LogP contribution in [0.2, 0.25) is 5.02 Å². The van der Waals surface area contributed by atoms with E-state index in [1.165, 1.54) is 4.68 Å². The molecule has 0 fully saturated rings. The molecule has 1 atom stereocenters. The van der Waals surface area contributed by atoms with Crippen LogP contribution in [0.3, 0.4) is 0 Å². The number of ether oxygens (including phenoxy) is 1. The highest BCUT2D eigenvalue weighted by Gasteiger charge is 2.15. The van der Waals surface area contributed by atoms with Gasteiger partial charge in [-0.2, -0.15) is 5.10 Å².